The molecule has 0 aliphatic carbocycles. The standard InChI is InChI=1S/C15H18ClN3O2/c1-20-13-9-10(16)6-7-11(13)14-18-15(21-19-14)12-5-3-2-4-8-17-12/h6-7,9,12,17H,2-5,8H2,1H3. The van der Waals surface area contributed by atoms with Crippen LogP contribution in [0.1, 0.15) is 37.6 Å². The minimum atomic E-state index is 0.145. The fraction of sp³-hybridized carbons (Fsp3) is 0.467. The van der Waals surface area contributed by atoms with Crippen LogP contribution in [-0.2, 0) is 0 Å². The zero-order valence-electron chi connectivity index (χ0n) is 11.9. The number of methoxy groups -OCH3 is 1. The molecule has 0 saturated carbocycles. The number of nitrogens with one attached hydrogen (secondary N) is 1. The molecule has 0 amide bonds. The van der Waals surface area contributed by atoms with Crippen molar-refractivity contribution in [1.29, 1.82) is 0 Å². The van der Waals surface area contributed by atoms with Gasteiger partial charge in [-0.3, -0.25) is 0 Å². The molecule has 0 bridgehead atoms. The molecular formula is C15H18ClN3O2. The Morgan fingerprint density at radius 3 is 3.10 bits per heavy atom. The summed E-state index contributed by atoms with van der Waals surface area (Å²) in [5, 5.41) is 8.15. The van der Waals surface area contributed by atoms with Crippen LogP contribution in [-0.4, -0.2) is 23.8 Å². The molecule has 0 spiro atoms. The molecule has 1 aromatic carbocycles. The van der Waals surface area contributed by atoms with Crippen LogP contribution >= 0.6 is 11.6 Å². The molecule has 1 atom stereocenters. The first-order valence-electron chi connectivity index (χ1n) is 7.19. The summed E-state index contributed by atoms with van der Waals surface area (Å²) < 4.78 is 10.8. The summed E-state index contributed by atoms with van der Waals surface area (Å²) in [4.78, 5) is 4.52. The number of aromatic nitrogens is 2. The predicted molar refractivity (Wildman–Crippen MR) is 80.5 cm³/mol. The molecule has 2 aromatic rings. The Balaban J connectivity index is 1.87. The third kappa shape index (κ3) is 3.19. The molecule has 112 valence electrons. The highest BCUT2D eigenvalue weighted by Gasteiger charge is 2.21. The van der Waals surface area contributed by atoms with Crippen molar-refractivity contribution < 1.29 is 9.26 Å². The quantitative estimate of drug-likeness (QED) is 0.938. The molecule has 3 rings (SSSR count). The molecule has 2 heterocycles. The Morgan fingerprint density at radius 2 is 2.24 bits per heavy atom. The van der Waals surface area contributed by atoms with E-state index in [0.717, 1.165) is 18.5 Å². The van der Waals surface area contributed by atoms with Gasteiger partial charge in [-0.1, -0.05) is 29.6 Å². The number of halogens is 1. The van der Waals surface area contributed by atoms with E-state index in [1.165, 1.54) is 19.3 Å². The van der Waals surface area contributed by atoms with E-state index >= 15 is 0 Å². The van der Waals surface area contributed by atoms with E-state index in [1.807, 2.05) is 6.07 Å². The van der Waals surface area contributed by atoms with Crippen LogP contribution in [0.2, 0.25) is 5.02 Å². The Bertz CT molecular complexity index is 607. The number of hydrogen-bond donors (Lipinski definition) is 1. The van der Waals surface area contributed by atoms with Crippen LogP contribution in [0.3, 0.4) is 0 Å². The summed E-state index contributed by atoms with van der Waals surface area (Å²) >= 11 is 5.97. The summed E-state index contributed by atoms with van der Waals surface area (Å²) in [6.07, 6.45) is 4.65. The molecule has 1 unspecified atom stereocenters. The van der Waals surface area contributed by atoms with Crippen molar-refractivity contribution in [2.24, 2.45) is 0 Å². The Kier molecular flexibility index (Phi) is 4.41. The van der Waals surface area contributed by atoms with E-state index in [-0.39, 0.29) is 6.04 Å². The summed E-state index contributed by atoms with van der Waals surface area (Å²) in [6.45, 7) is 0.993. The normalized spacial score (nSPS) is 19.2. The zero-order chi connectivity index (χ0) is 14.7. The smallest absolute Gasteiger partial charge is 0.244 e. The maximum Gasteiger partial charge on any atom is 0.244 e. The second-order valence-corrected chi connectivity index (χ2v) is 5.59. The lowest BCUT2D eigenvalue weighted by Gasteiger charge is -2.09. The van der Waals surface area contributed by atoms with E-state index in [1.54, 1.807) is 19.2 Å². The van der Waals surface area contributed by atoms with Crippen LogP contribution in [0.15, 0.2) is 22.7 Å². The minimum absolute atomic E-state index is 0.145. The van der Waals surface area contributed by atoms with Gasteiger partial charge in [-0.05, 0) is 37.6 Å². The maximum atomic E-state index is 5.97. The van der Waals surface area contributed by atoms with Gasteiger partial charge in [0, 0.05) is 5.02 Å². The van der Waals surface area contributed by atoms with Crippen LogP contribution in [0.4, 0.5) is 0 Å². The molecule has 6 heteroatoms. The lowest BCUT2D eigenvalue weighted by atomic mass is 10.1. The fourth-order valence-electron chi connectivity index (χ4n) is 2.58. The van der Waals surface area contributed by atoms with Gasteiger partial charge in [0.2, 0.25) is 11.7 Å². The van der Waals surface area contributed by atoms with Crippen LogP contribution in [0.25, 0.3) is 11.4 Å². The average Bonchev–Trinajstić information content (AvgIpc) is 2.82. The summed E-state index contributed by atoms with van der Waals surface area (Å²) in [5.41, 5.74) is 0.783. The number of rotatable bonds is 3. The van der Waals surface area contributed by atoms with Crippen LogP contribution in [0, 0.1) is 0 Å². The van der Waals surface area contributed by atoms with Gasteiger partial charge in [-0.2, -0.15) is 4.98 Å². The highest BCUT2D eigenvalue weighted by Crippen LogP contribution is 2.31. The van der Waals surface area contributed by atoms with E-state index in [2.05, 4.69) is 15.5 Å². The topological polar surface area (TPSA) is 60.2 Å². The van der Waals surface area contributed by atoms with E-state index in [4.69, 9.17) is 20.9 Å². The van der Waals surface area contributed by atoms with Crippen LogP contribution in [0.5, 0.6) is 5.75 Å². The van der Waals surface area contributed by atoms with Gasteiger partial charge >= 0.3 is 0 Å². The molecule has 1 aliphatic rings. The highest BCUT2D eigenvalue weighted by atomic mass is 35.5. The Morgan fingerprint density at radius 1 is 1.33 bits per heavy atom. The van der Waals surface area contributed by atoms with Gasteiger partial charge in [0.15, 0.2) is 0 Å². The molecule has 21 heavy (non-hydrogen) atoms. The van der Waals surface area contributed by atoms with Crippen LogP contribution < -0.4 is 10.1 Å². The molecule has 0 radical (unpaired) electrons. The van der Waals surface area contributed by atoms with Crippen molar-refractivity contribution in [1.82, 2.24) is 15.5 Å². The Hall–Kier alpha value is -1.59. The second kappa shape index (κ2) is 6.45. The third-order valence-electron chi connectivity index (χ3n) is 3.70. The first-order chi connectivity index (χ1) is 10.3. The zero-order valence-corrected chi connectivity index (χ0v) is 12.7. The number of hydrogen-bond acceptors (Lipinski definition) is 5. The lowest BCUT2D eigenvalue weighted by Crippen LogP contribution is -2.20. The monoisotopic (exact) mass is 307 g/mol. The third-order valence-corrected chi connectivity index (χ3v) is 3.94. The van der Waals surface area contributed by atoms with Gasteiger partial charge < -0.3 is 14.6 Å². The van der Waals surface area contributed by atoms with Gasteiger partial charge in [0.25, 0.3) is 0 Å². The summed E-state index contributed by atoms with van der Waals surface area (Å²) in [6, 6.07) is 5.53. The van der Waals surface area contributed by atoms with Gasteiger partial charge in [0.1, 0.15) is 5.75 Å². The number of ether oxygens (including phenoxy) is 1. The summed E-state index contributed by atoms with van der Waals surface area (Å²) in [5.74, 6) is 1.82. The van der Waals surface area contributed by atoms with Crippen molar-refractivity contribution in [2.45, 2.75) is 31.7 Å². The predicted octanol–water partition coefficient (Wildman–Crippen LogP) is 3.60. The summed E-state index contributed by atoms with van der Waals surface area (Å²) in [7, 11) is 1.60. The second-order valence-electron chi connectivity index (χ2n) is 5.16. The SMILES string of the molecule is COc1cc(Cl)ccc1-c1noc(C2CCCCCN2)n1. The molecule has 5 nitrogen and oxygen atoms in total. The van der Waals surface area contributed by atoms with E-state index < -0.39 is 0 Å². The maximum absolute atomic E-state index is 5.97. The lowest BCUT2D eigenvalue weighted by molar-refractivity contribution is 0.327. The number of benzene rings is 1. The minimum Gasteiger partial charge on any atom is -0.496 e. The van der Waals surface area contributed by atoms with Gasteiger partial charge in [0.05, 0.1) is 18.7 Å². The number of nitrogens with zero attached hydrogens (tertiary/aromatic N) is 2. The Labute approximate surface area is 128 Å². The van der Waals surface area contributed by atoms with E-state index in [9.17, 15) is 0 Å². The van der Waals surface area contributed by atoms with E-state index in [0.29, 0.717) is 22.5 Å². The first kappa shape index (κ1) is 14.4. The molecule has 1 N–H and O–H groups in total. The molecule has 1 aromatic heterocycles. The fourth-order valence-corrected chi connectivity index (χ4v) is 2.74. The molecular weight excluding hydrogens is 290 g/mol. The highest BCUT2D eigenvalue weighted by molar-refractivity contribution is 6.30. The van der Waals surface area contributed by atoms with Crippen molar-refractivity contribution in [3.8, 4) is 17.1 Å². The molecule has 1 aliphatic heterocycles. The van der Waals surface area contributed by atoms with Crippen molar-refractivity contribution in [3.63, 3.8) is 0 Å². The molecule has 1 saturated heterocycles. The van der Waals surface area contributed by atoms with Gasteiger partial charge in [-0.15, -0.1) is 0 Å². The van der Waals surface area contributed by atoms with Gasteiger partial charge in [-0.25, -0.2) is 0 Å². The van der Waals surface area contributed by atoms with Crippen molar-refractivity contribution in [2.75, 3.05) is 13.7 Å². The average molecular weight is 308 g/mol. The first-order valence-corrected chi connectivity index (χ1v) is 7.56. The molecule has 1 fully saturated rings. The van der Waals surface area contributed by atoms with Crippen molar-refractivity contribution >= 4 is 11.6 Å². The van der Waals surface area contributed by atoms with Crippen molar-refractivity contribution in [3.05, 3.63) is 29.1 Å². The largest absolute Gasteiger partial charge is 0.496 e.